The second-order valence-electron chi connectivity index (χ2n) is 5.73. The maximum absolute atomic E-state index is 6.20. The molecule has 1 aliphatic carbocycles. The Balaban J connectivity index is 1.73. The zero-order chi connectivity index (χ0) is 16.0. The molecule has 0 fully saturated rings. The van der Waals surface area contributed by atoms with E-state index in [4.69, 9.17) is 23.2 Å². The molecular weight excluding hydrogens is 331 g/mol. The van der Waals surface area contributed by atoms with Gasteiger partial charge >= 0.3 is 0 Å². The first-order valence-electron chi connectivity index (χ1n) is 7.43. The number of hydrogen-bond donors (Lipinski definition) is 0. The van der Waals surface area contributed by atoms with Gasteiger partial charge in [0.1, 0.15) is 5.15 Å². The van der Waals surface area contributed by atoms with Gasteiger partial charge in [-0.1, -0.05) is 29.3 Å². The number of aryl methyl sites for hydroxylation is 2. The number of allylic oxidation sites excluding steroid dienone is 1. The topological polar surface area (TPSA) is 43.6 Å². The van der Waals surface area contributed by atoms with Crippen LogP contribution in [0.1, 0.15) is 23.4 Å². The number of halogens is 2. The summed E-state index contributed by atoms with van der Waals surface area (Å²) in [6.45, 7) is 2.69. The summed E-state index contributed by atoms with van der Waals surface area (Å²) in [5, 5.41) is 6.73. The van der Waals surface area contributed by atoms with Crippen LogP contribution in [0.4, 0.5) is 0 Å². The normalized spacial score (nSPS) is 14.0. The summed E-state index contributed by atoms with van der Waals surface area (Å²) in [6, 6.07) is 3.92. The Hall–Kier alpha value is -1.91. The van der Waals surface area contributed by atoms with Gasteiger partial charge in [-0.2, -0.15) is 5.10 Å². The zero-order valence-corrected chi connectivity index (χ0v) is 14.1. The van der Waals surface area contributed by atoms with E-state index in [-0.39, 0.29) is 0 Å². The molecule has 3 heterocycles. The molecule has 0 atom stereocenters. The molecule has 0 aliphatic heterocycles. The molecule has 23 heavy (non-hydrogen) atoms. The molecule has 6 heteroatoms. The summed E-state index contributed by atoms with van der Waals surface area (Å²) in [5.74, 6) is 0. The molecule has 1 aliphatic rings. The predicted octanol–water partition coefficient (Wildman–Crippen LogP) is 4.47. The molecule has 3 aromatic rings. The molecule has 0 radical (unpaired) electrons. The van der Waals surface area contributed by atoms with E-state index in [1.54, 1.807) is 12.4 Å². The highest BCUT2D eigenvalue weighted by Crippen LogP contribution is 2.28. The van der Waals surface area contributed by atoms with E-state index in [0.717, 1.165) is 47.2 Å². The van der Waals surface area contributed by atoms with Crippen molar-refractivity contribution >= 4 is 40.2 Å². The minimum atomic E-state index is 0.505. The van der Waals surface area contributed by atoms with E-state index in [0.29, 0.717) is 10.2 Å². The molecule has 116 valence electrons. The highest BCUT2D eigenvalue weighted by atomic mass is 35.5. The maximum Gasteiger partial charge on any atom is 0.140 e. The van der Waals surface area contributed by atoms with E-state index < -0.39 is 0 Å². The quantitative estimate of drug-likeness (QED) is 0.644. The minimum absolute atomic E-state index is 0.505. The molecule has 0 saturated heterocycles. The summed E-state index contributed by atoms with van der Waals surface area (Å²) < 4.78 is 1.99. The third-order valence-electron chi connectivity index (χ3n) is 4.16. The SMILES string of the molecule is Cc1nn(CC2=Cc3cc(Cl)cnc3CC2)c2ccnc(Cl)c12. The van der Waals surface area contributed by atoms with Gasteiger partial charge in [-0.3, -0.25) is 9.67 Å². The third-order valence-corrected chi connectivity index (χ3v) is 4.65. The summed E-state index contributed by atoms with van der Waals surface area (Å²) in [4.78, 5) is 8.54. The number of rotatable bonds is 2. The molecule has 0 bridgehead atoms. The third kappa shape index (κ3) is 2.62. The average molecular weight is 345 g/mol. The fourth-order valence-corrected chi connectivity index (χ4v) is 3.54. The van der Waals surface area contributed by atoms with E-state index >= 15 is 0 Å². The van der Waals surface area contributed by atoms with Crippen LogP contribution in [0.15, 0.2) is 30.1 Å². The molecule has 0 amide bonds. The molecule has 3 aromatic heterocycles. The lowest BCUT2D eigenvalue weighted by molar-refractivity contribution is 0.666. The van der Waals surface area contributed by atoms with Gasteiger partial charge in [-0.05, 0) is 43.0 Å². The van der Waals surface area contributed by atoms with Crippen molar-refractivity contribution in [3.05, 3.63) is 57.2 Å². The zero-order valence-electron chi connectivity index (χ0n) is 12.6. The first-order valence-corrected chi connectivity index (χ1v) is 8.19. The van der Waals surface area contributed by atoms with Gasteiger partial charge in [0, 0.05) is 18.1 Å². The van der Waals surface area contributed by atoms with Crippen molar-refractivity contribution in [1.82, 2.24) is 19.7 Å². The Kier molecular flexibility index (Phi) is 3.58. The number of hydrogen-bond acceptors (Lipinski definition) is 3. The summed E-state index contributed by atoms with van der Waals surface area (Å²) in [7, 11) is 0. The molecule has 0 aromatic carbocycles. The van der Waals surface area contributed by atoms with Gasteiger partial charge in [0.2, 0.25) is 0 Å². The van der Waals surface area contributed by atoms with Crippen LogP contribution < -0.4 is 0 Å². The molecular formula is C17H14Cl2N4. The van der Waals surface area contributed by atoms with Gasteiger partial charge in [0.25, 0.3) is 0 Å². The maximum atomic E-state index is 6.20. The second-order valence-corrected chi connectivity index (χ2v) is 6.53. The van der Waals surface area contributed by atoms with Crippen LogP contribution in [-0.2, 0) is 13.0 Å². The van der Waals surface area contributed by atoms with Crippen molar-refractivity contribution in [2.24, 2.45) is 0 Å². The number of pyridine rings is 2. The predicted molar refractivity (Wildman–Crippen MR) is 92.8 cm³/mol. The van der Waals surface area contributed by atoms with E-state index in [2.05, 4.69) is 21.1 Å². The standard InChI is InChI=1S/C17H14Cl2N4/c1-10-16-15(4-5-20-17(16)19)23(22-10)9-11-2-3-14-12(6-11)7-13(18)8-21-14/h4-8H,2-3,9H2,1H3. The van der Waals surface area contributed by atoms with E-state index in [1.807, 2.05) is 23.7 Å². The smallest absolute Gasteiger partial charge is 0.140 e. The van der Waals surface area contributed by atoms with Crippen LogP contribution in [0, 0.1) is 6.92 Å². The van der Waals surface area contributed by atoms with Crippen LogP contribution in [0.3, 0.4) is 0 Å². The average Bonchev–Trinajstić information content (AvgIpc) is 2.84. The van der Waals surface area contributed by atoms with Crippen LogP contribution in [-0.4, -0.2) is 19.7 Å². The van der Waals surface area contributed by atoms with Crippen molar-refractivity contribution in [3.8, 4) is 0 Å². The van der Waals surface area contributed by atoms with Crippen molar-refractivity contribution in [3.63, 3.8) is 0 Å². The summed E-state index contributed by atoms with van der Waals surface area (Å²) in [6.07, 6.45) is 7.50. The Morgan fingerprint density at radius 2 is 2.09 bits per heavy atom. The Morgan fingerprint density at radius 1 is 1.22 bits per heavy atom. The molecule has 0 unspecified atom stereocenters. The minimum Gasteiger partial charge on any atom is -0.260 e. The van der Waals surface area contributed by atoms with Crippen LogP contribution in [0.25, 0.3) is 17.0 Å². The van der Waals surface area contributed by atoms with Crippen molar-refractivity contribution < 1.29 is 0 Å². The second kappa shape index (κ2) is 5.62. The van der Waals surface area contributed by atoms with Crippen LogP contribution in [0.2, 0.25) is 10.2 Å². The van der Waals surface area contributed by atoms with Gasteiger partial charge < -0.3 is 0 Å². The van der Waals surface area contributed by atoms with E-state index in [9.17, 15) is 0 Å². The molecule has 4 rings (SSSR count). The van der Waals surface area contributed by atoms with Crippen LogP contribution in [0.5, 0.6) is 0 Å². The number of nitrogens with zero attached hydrogens (tertiary/aromatic N) is 4. The van der Waals surface area contributed by atoms with E-state index in [1.165, 1.54) is 5.57 Å². The van der Waals surface area contributed by atoms with Crippen molar-refractivity contribution in [1.29, 1.82) is 0 Å². The largest absolute Gasteiger partial charge is 0.260 e. The Bertz CT molecular complexity index is 943. The molecule has 0 saturated carbocycles. The fourth-order valence-electron chi connectivity index (χ4n) is 3.09. The van der Waals surface area contributed by atoms with Crippen molar-refractivity contribution in [2.45, 2.75) is 26.3 Å². The van der Waals surface area contributed by atoms with Gasteiger partial charge in [-0.25, -0.2) is 4.98 Å². The number of fused-ring (bicyclic) bond motifs is 2. The first-order chi connectivity index (χ1) is 11.1. The van der Waals surface area contributed by atoms with Crippen LogP contribution >= 0.6 is 23.2 Å². The lowest BCUT2D eigenvalue weighted by Crippen LogP contribution is -2.08. The summed E-state index contributed by atoms with van der Waals surface area (Å²) in [5.41, 5.74) is 5.43. The highest BCUT2D eigenvalue weighted by Gasteiger charge is 2.16. The fraction of sp³-hybridized carbons (Fsp3) is 0.235. The van der Waals surface area contributed by atoms with Gasteiger partial charge in [0.15, 0.2) is 0 Å². The summed E-state index contributed by atoms with van der Waals surface area (Å²) >= 11 is 12.3. The Morgan fingerprint density at radius 3 is 2.96 bits per heavy atom. The first kappa shape index (κ1) is 14.7. The molecule has 0 N–H and O–H groups in total. The monoisotopic (exact) mass is 344 g/mol. The highest BCUT2D eigenvalue weighted by molar-refractivity contribution is 6.34. The lowest BCUT2D eigenvalue weighted by atomic mass is 9.96. The lowest BCUT2D eigenvalue weighted by Gasteiger charge is -2.16. The van der Waals surface area contributed by atoms with Crippen molar-refractivity contribution in [2.75, 3.05) is 0 Å². The number of aromatic nitrogens is 4. The molecule has 0 spiro atoms. The Labute approximate surface area is 143 Å². The molecule has 4 nitrogen and oxygen atoms in total. The van der Waals surface area contributed by atoms with Gasteiger partial charge in [0.05, 0.1) is 28.2 Å². The van der Waals surface area contributed by atoms with Gasteiger partial charge in [-0.15, -0.1) is 0 Å².